The summed E-state index contributed by atoms with van der Waals surface area (Å²) in [6.07, 6.45) is 2.63. The van der Waals surface area contributed by atoms with Crippen LogP contribution in [0, 0.1) is 6.92 Å². The lowest BCUT2D eigenvalue weighted by Gasteiger charge is -2.12. The highest BCUT2D eigenvalue weighted by Crippen LogP contribution is 2.37. The predicted molar refractivity (Wildman–Crippen MR) is 120 cm³/mol. The first-order chi connectivity index (χ1) is 15.1. The van der Waals surface area contributed by atoms with Gasteiger partial charge in [-0.15, -0.1) is 10.2 Å². The molecule has 0 atom stereocenters. The van der Waals surface area contributed by atoms with E-state index in [-0.39, 0.29) is 11.5 Å². The number of nitrogens with one attached hydrogen (secondary N) is 1. The molecule has 1 aliphatic rings. The summed E-state index contributed by atoms with van der Waals surface area (Å²) in [5.74, 6) is 2.56. The number of aromatic nitrogens is 4. The molecule has 31 heavy (non-hydrogen) atoms. The number of para-hydroxylation sites is 1. The van der Waals surface area contributed by atoms with Gasteiger partial charge in [0.25, 0.3) is 0 Å². The molecule has 7 nitrogen and oxygen atoms in total. The van der Waals surface area contributed by atoms with Crippen LogP contribution in [-0.2, 0) is 7.05 Å². The minimum Gasteiger partial charge on any atom is -0.490 e. The summed E-state index contributed by atoms with van der Waals surface area (Å²) in [6.45, 7) is 3.30. The van der Waals surface area contributed by atoms with E-state index >= 15 is 0 Å². The standard InChI is InChI=1S/C23H22N4O3S/c1-14-10-20-21(30-9-5-8-29-20)11-16(14)22-25-26-23(27(22)2)31-13-19(28)17-12-24-18-7-4-3-6-15(17)18/h3-4,6-7,10-12,24H,5,8-9,13H2,1-2H3. The summed E-state index contributed by atoms with van der Waals surface area (Å²) in [4.78, 5) is 16.0. The monoisotopic (exact) mass is 434 g/mol. The van der Waals surface area contributed by atoms with Crippen LogP contribution in [0.3, 0.4) is 0 Å². The van der Waals surface area contributed by atoms with Crippen molar-refractivity contribution in [2.75, 3.05) is 19.0 Å². The van der Waals surface area contributed by atoms with E-state index in [1.165, 1.54) is 11.8 Å². The second-order valence-corrected chi connectivity index (χ2v) is 8.43. The highest BCUT2D eigenvalue weighted by molar-refractivity contribution is 7.99. The Morgan fingerprint density at radius 3 is 2.77 bits per heavy atom. The predicted octanol–water partition coefficient (Wildman–Crippen LogP) is 4.41. The Labute approximate surface area is 183 Å². The number of H-pyrrole nitrogens is 1. The molecule has 4 aromatic rings. The van der Waals surface area contributed by atoms with Crippen LogP contribution in [0.15, 0.2) is 47.8 Å². The van der Waals surface area contributed by atoms with Crippen LogP contribution in [0.25, 0.3) is 22.3 Å². The van der Waals surface area contributed by atoms with Gasteiger partial charge >= 0.3 is 0 Å². The van der Waals surface area contributed by atoms with Crippen LogP contribution < -0.4 is 9.47 Å². The van der Waals surface area contributed by atoms with Crippen molar-refractivity contribution in [1.82, 2.24) is 19.7 Å². The number of rotatable bonds is 5. The first kappa shape index (κ1) is 19.7. The quantitative estimate of drug-likeness (QED) is 0.370. The molecule has 2 aromatic heterocycles. The second-order valence-electron chi connectivity index (χ2n) is 7.49. The lowest BCUT2D eigenvalue weighted by molar-refractivity contribution is 0.102. The van der Waals surface area contributed by atoms with Gasteiger partial charge in [0.1, 0.15) is 0 Å². The Kier molecular flexibility index (Phi) is 5.15. The molecule has 0 unspecified atom stereocenters. The molecule has 0 bridgehead atoms. The largest absolute Gasteiger partial charge is 0.490 e. The molecule has 0 radical (unpaired) electrons. The normalized spacial score (nSPS) is 13.4. The Morgan fingerprint density at radius 2 is 1.94 bits per heavy atom. The molecule has 1 N–H and O–H groups in total. The number of carbonyl (C=O) groups is 1. The smallest absolute Gasteiger partial charge is 0.191 e. The Bertz CT molecular complexity index is 1280. The number of thioether (sulfide) groups is 1. The maximum absolute atomic E-state index is 12.8. The van der Waals surface area contributed by atoms with E-state index < -0.39 is 0 Å². The van der Waals surface area contributed by atoms with Crippen molar-refractivity contribution < 1.29 is 14.3 Å². The molecule has 0 spiro atoms. The molecule has 0 saturated carbocycles. The number of fused-ring (bicyclic) bond motifs is 2. The van der Waals surface area contributed by atoms with Crippen molar-refractivity contribution in [2.24, 2.45) is 7.05 Å². The van der Waals surface area contributed by atoms with E-state index in [0.717, 1.165) is 45.8 Å². The molecule has 5 rings (SSSR count). The van der Waals surface area contributed by atoms with Gasteiger partial charge in [0.05, 0.1) is 19.0 Å². The minimum absolute atomic E-state index is 0.0544. The fraction of sp³-hybridized carbons (Fsp3) is 0.261. The number of ether oxygens (including phenoxy) is 2. The Balaban J connectivity index is 1.37. The lowest BCUT2D eigenvalue weighted by atomic mass is 10.1. The van der Waals surface area contributed by atoms with Gasteiger partial charge < -0.3 is 19.0 Å². The second kappa shape index (κ2) is 8.11. The number of nitrogens with zero attached hydrogens (tertiary/aromatic N) is 3. The molecular formula is C23H22N4O3S. The van der Waals surface area contributed by atoms with Crippen molar-refractivity contribution in [3.63, 3.8) is 0 Å². The third-order valence-corrected chi connectivity index (χ3v) is 6.41. The minimum atomic E-state index is 0.0544. The summed E-state index contributed by atoms with van der Waals surface area (Å²) in [5.41, 5.74) is 3.63. The first-order valence-electron chi connectivity index (χ1n) is 10.1. The van der Waals surface area contributed by atoms with Gasteiger partial charge in [0.15, 0.2) is 28.3 Å². The lowest BCUT2D eigenvalue weighted by Crippen LogP contribution is -2.03. The number of hydrogen-bond acceptors (Lipinski definition) is 6. The zero-order valence-electron chi connectivity index (χ0n) is 17.3. The summed E-state index contributed by atoms with van der Waals surface area (Å²) in [7, 11) is 1.91. The SMILES string of the molecule is Cc1cc2c(cc1-c1nnc(SCC(=O)c3c[nH]c4ccccc34)n1C)OCCCO2. The zero-order chi connectivity index (χ0) is 21.4. The molecule has 0 amide bonds. The molecule has 158 valence electrons. The fourth-order valence-corrected chi connectivity index (χ4v) is 4.53. The zero-order valence-corrected chi connectivity index (χ0v) is 18.2. The van der Waals surface area contributed by atoms with Crippen molar-refractivity contribution >= 4 is 28.4 Å². The number of hydrogen-bond donors (Lipinski definition) is 1. The van der Waals surface area contributed by atoms with Gasteiger partial charge in [0.2, 0.25) is 0 Å². The van der Waals surface area contributed by atoms with E-state index in [9.17, 15) is 4.79 Å². The van der Waals surface area contributed by atoms with E-state index in [1.54, 1.807) is 6.20 Å². The number of carbonyl (C=O) groups excluding carboxylic acids is 1. The van der Waals surface area contributed by atoms with Crippen molar-refractivity contribution in [3.05, 3.63) is 53.7 Å². The number of aromatic amines is 1. The highest BCUT2D eigenvalue weighted by atomic mass is 32.2. The van der Waals surface area contributed by atoms with E-state index in [0.29, 0.717) is 23.9 Å². The summed E-state index contributed by atoms with van der Waals surface area (Å²) < 4.78 is 13.5. The molecule has 0 saturated heterocycles. The molecule has 0 aliphatic carbocycles. The third kappa shape index (κ3) is 3.67. The van der Waals surface area contributed by atoms with Gasteiger partial charge in [-0.05, 0) is 30.7 Å². The van der Waals surface area contributed by atoms with Crippen LogP contribution in [0.4, 0.5) is 0 Å². The fourth-order valence-electron chi connectivity index (χ4n) is 3.74. The van der Waals surface area contributed by atoms with Crippen LogP contribution in [0.1, 0.15) is 22.3 Å². The number of Topliss-reactive ketones (excluding diaryl/α,β-unsaturated/α-hetero) is 1. The Hall–Kier alpha value is -3.26. The van der Waals surface area contributed by atoms with Crippen LogP contribution in [0.5, 0.6) is 11.5 Å². The summed E-state index contributed by atoms with van der Waals surface area (Å²) in [5, 5.41) is 10.3. The van der Waals surface area contributed by atoms with Crippen LogP contribution in [-0.4, -0.2) is 44.5 Å². The maximum atomic E-state index is 12.8. The summed E-state index contributed by atoms with van der Waals surface area (Å²) in [6, 6.07) is 11.8. The van der Waals surface area contributed by atoms with E-state index in [1.807, 2.05) is 54.9 Å². The van der Waals surface area contributed by atoms with Gasteiger partial charge in [-0.25, -0.2) is 0 Å². The van der Waals surface area contributed by atoms with Crippen molar-refractivity contribution in [2.45, 2.75) is 18.5 Å². The van der Waals surface area contributed by atoms with Gasteiger partial charge in [-0.3, -0.25) is 4.79 Å². The van der Waals surface area contributed by atoms with Crippen molar-refractivity contribution in [3.8, 4) is 22.9 Å². The topological polar surface area (TPSA) is 82.0 Å². The molecule has 0 fully saturated rings. The number of benzene rings is 2. The third-order valence-electron chi connectivity index (χ3n) is 5.39. The molecule has 1 aliphatic heterocycles. The average molecular weight is 435 g/mol. The number of ketones is 1. The van der Waals surface area contributed by atoms with E-state index in [4.69, 9.17) is 9.47 Å². The first-order valence-corrected chi connectivity index (χ1v) is 11.1. The molecular weight excluding hydrogens is 412 g/mol. The number of aryl methyl sites for hydroxylation is 1. The summed E-state index contributed by atoms with van der Waals surface area (Å²) >= 11 is 1.39. The Morgan fingerprint density at radius 1 is 1.16 bits per heavy atom. The molecule has 2 aromatic carbocycles. The van der Waals surface area contributed by atoms with Crippen LogP contribution >= 0.6 is 11.8 Å². The molecule has 3 heterocycles. The van der Waals surface area contributed by atoms with Gasteiger partial charge in [-0.1, -0.05) is 30.0 Å². The van der Waals surface area contributed by atoms with Crippen molar-refractivity contribution in [1.29, 1.82) is 0 Å². The van der Waals surface area contributed by atoms with Crippen LogP contribution in [0.2, 0.25) is 0 Å². The molecule has 8 heteroatoms. The van der Waals surface area contributed by atoms with Gasteiger partial charge in [-0.2, -0.15) is 0 Å². The highest BCUT2D eigenvalue weighted by Gasteiger charge is 2.20. The average Bonchev–Trinajstić information content (AvgIpc) is 3.29. The maximum Gasteiger partial charge on any atom is 0.191 e. The van der Waals surface area contributed by atoms with Gasteiger partial charge in [0, 0.05) is 41.7 Å². The van der Waals surface area contributed by atoms with E-state index in [2.05, 4.69) is 15.2 Å².